The molecule has 0 unspecified atom stereocenters. The molecular weight excluding hydrogens is 481 g/mol. The molecule has 2 aliphatic rings. The summed E-state index contributed by atoms with van der Waals surface area (Å²) in [5.74, 6) is 1.79. The van der Waals surface area contributed by atoms with E-state index in [9.17, 15) is 14.4 Å². The zero-order valence-electron chi connectivity index (χ0n) is 20.5. The summed E-state index contributed by atoms with van der Waals surface area (Å²) in [6, 6.07) is 12.2. The Kier molecular flexibility index (Phi) is 6.80. The number of ether oxygens (including phenoxy) is 1. The van der Waals surface area contributed by atoms with Crippen molar-refractivity contribution in [3.05, 3.63) is 76.9 Å². The monoisotopic (exact) mass is 512 g/mol. The average molecular weight is 513 g/mol. The summed E-state index contributed by atoms with van der Waals surface area (Å²) in [6.45, 7) is 3.35. The third kappa shape index (κ3) is 5.27. The number of hydrogen-bond acceptors (Lipinski definition) is 2. The fourth-order valence-electron chi connectivity index (χ4n) is 5.66. The number of halogens is 2. The molecule has 0 heterocycles. The topological polar surface area (TPSA) is 66.8 Å². The van der Waals surface area contributed by atoms with Crippen LogP contribution in [0.15, 0.2) is 48.5 Å². The summed E-state index contributed by atoms with van der Waals surface area (Å²) < 4.78 is 47.6. The molecule has 2 N–H and O–H groups in total. The molecule has 0 atom stereocenters. The second-order valence-corrected chi connectivity index (χ2v) is 12.0. The number of aryl methyl sites for hydroxylation is 2. The van der Waals surface area contributed by atoms with Gasteiger partial charge in [0.2, 0.25) is 0 Å². The highest BCUT2D eigenvalue weighted by Gasteiger charge is 2.34. The standard InChI is InChI=1S/C29H31F2O4P/c1-17-13-24(36(32,33)34)14-18(2)29(17)35-23-10-12-26(28(31)16-23)22-9-11-25(27(30)15-22)21-7-5-20(6-8-21)19-3-4-19/h9-16,19-21H,3-8H2,1-2H3,(H2,32,33,34)/t20-,21-. The summed E-state index contributed by atoms with van der Waals surface area (Å²) in [4.78, 5) is 18.9. The fourth-order valence-corrected chi connectivity index (χ4v) is 6.39. The first-order chi connectivity index (χ1) is 17.1. The lowest BCUT2D eigenvalue weighted by Gasteiger charge is -2.29. The van der Waals surface area contributed by atoms with Crippen LogP contribution in [0.1, 0.15) is 61.1 Å². The Hall–Kier alpha value is -2.53. The van der Waals surface area contributed by atoms with Crippen LogP contribution in [0, 0.1) is 37.3 Å². The van der Waals surface area contributed by atoms with Crippen LogP contribution in [0.25, 0.3) is 11.1 Å². The summed E-state index contributed by atoms with van der Waals surface area (Å²) in [5, 5.41) is -0.0900. The molecule has 190 valence electrons. The molecule has 36 heavy (non-hydrogen) atoms. The minimum Gasteiger partial charge on any atom is -0.457 e. The van der Waals surface area contributed by atoms with Crippen molar-refractivity contribution in [2.24, 2.45) is 11.8 Å². The minimum atomic E-state index is -4.39. The van der Waals surface area contributed by atoms with Gasteiger partial charge in [0.15, 0.2) is 0 Å². The van der Waals surface area contributed by atoms with Crippen LogP contribution >= 0.6 is 7.60 Å². The third-order valence-corrected chi connectivity index (χ3v) is 8.68. The molecule has 3 aromatic rings. The van der Waals surface area contributed by atoms with Gasteiger partial charge in [-0.25, -0.2) is 8.78 Å². The molecule has 0 bridgehead atoms. The van der Waals surface area contributed by atoms with Gasteiger partial charge in [-0.1, -0.05) is 12.1 Å². The summed E-state index contributed by atoms with van der Waals surface area (Å²) in [6.07, 6.45) is 7.10. The van der Waals surface area contributed by atoms with Gasteiger partial charge in [-0.15, -0.1) is 0 Å². The Morgan fingerprint density at radius 1 is 0.806 bits per heavy atom. The van der Waals surface area contributed by atoms with Crippen LogP contribution in [-0.4, -0.2) is 9.79 Å². The van der Waals surface area contributed by atoms with E-state index in [1.165, 1.54) is 49.9 Å². The molecule has 0 radical (unpaired) electrons. The molecular formula is C29H31F2O4P. The maximum atomic E-state index is 15.1. The minimum absolute atomic E-state index is 0.0900. The van der Waals surface area contributed by atoms with Gasteiger partial charge < -0.3 is 14.5 Å². The van der Waals surface area contributed by atoms with Gasteiger partial charge in [-0.3, -0.25) is 4.57 Å². The van der Waals surface area contributed by atoms with Crippen LogP contribution in [0.5, 0.6) is 11.5 Å². The van der Waals surface area contributed by atoms with Crippen molar-refractivity contribution in [2.45, 2.75) is 58.3 Å². The Bertz CT molecular complexity index is 1310. The van der Waals surface area contributed by atoms with Crippen LogP contribution in [0.4, 0.5) is 8.78 Å². The maximum Gasteiger partial charge on any atom is 0.356 e. The molecule has 2 saturated carbocycles. The van der Waals surface area contributed by atoms with E-state index in [0.29, 0.717) is 22.4 Å². The zero-order chi connectivity index (χ0) is 25.6. The van der Waals surface area contributed by atoms with Crippen molar-refractivity contribution in [3.8, 4) is 22.6 Å². The van der Waals surface area contributed by atoms with E-state index < -0.39 is 13.4 Å². The van der Waals surface area contributed by atoms with Crippen LogP contribution < -0.4 is 10.0 Å². The van der Waals surface area contributed by atoms with Gasteiger partial charge in [0, 0.05) is 11.6 Å². The summed E-state index contributed by atoms with van der Waals surface area (Å²) in [5.41, 5.74) is 2.56. The summed E-state index contributed by atoms with van der Waals surface area (Å²) >= 11 is 0. The molecule has 2 fully saturated rings. The molecule has 5 rings (SSSR count). The van der Waals surface area contributed by atoms with Gasteiger partial charge in [0.1, 0.15) is 23.1 Å². The largest absolute Gasteiger partial charge is 0.457 e. The summed E-state index contributed by atoms with van der Waals surface area (Å²) in [7, 11) is -4.39. The average Bonchev–Trinajstić information content (AvgIpc) is 3.66. The van der Waals surface area contributed by atoms with Crippen LogP contribution in [-0.2, 0) is 4.57 Å². The first-order valence-electron chi connectivity index (χ1n) is 12.5. The lowest BCUT2D eigenvalue weighted by molar-refractivity contribution is 0.292. The van der Waals surface area contributed by atoms with Crippen molar-refractivity contribution in [1.82, 2.24) is 0 Å². The normalized spacial score (nSPS) is 20.4. The molecule has 7 heteroatoms. The highest BCUT2D eigenvalue weighted by atomic mass is 31.2. The second-order valence-electron chi connectivity index (χ2n) is 10.4. The molecule has 0 aliphatic heterocycles. The lowest BCUT2D eigenvalue weighted by Crippen LogP contribution is -2.15. The molecule has 0 amide bonds. The van der Waals surface area contributed by atoms with Crippen molar-refractivity contribution in [2.75, 3.05) is 0 Å². The zero-order valence-corrected chi connectivity index (χ0v) is 21.4. The Morgan fingerprint density at radius 3 is 1.94 bits per heavy atom. The van der Waals surface area contributed by atoms with Gasteiger partial charge in [0.25, 0.3) is 0 Å². The molecule has 2 aliphatic carbocycles. The molecule has 0 spiro atoms. The predicted octanol–water partition coefficient (Wildman–Crippen LogP) is 7.53. The maximum absolute atomic E-state index is 15.1. The van der Waals surface area contributed by atoms with Crippen LogP contribution in [0.2, 0.25) is 0 Å². The van der Waals surface area contributed by atoms with E-state index in [1.807, 2.05) is 6.07 Å². The van der Waals surface area contributed by atoms with E-state index >= 15 is 8.78 Å². The first kappa shape index (κ1) is 25.1. The third-order valence-electron chi connectivity index (χ3n) is 7.75. The lowest BCUT2D eigenvalue weighted by atomic mass is 9.76. The number of hydrogen-bond donors (Lipinski definition) is 2. The fraction of sp³-hybridized carbons (Fsp3) is 0.379. The molecule has 0 aromatic heterocycles. The van der Waals surface area contributed by atoms with Gasteiger partial charge in [-0.2, -0.15) is 0 Å². The van der Waals surface area contributed by atoms with E-state index in [1.54, 1.807) is 32.0 Å². The quantitative estimate of drug-likeness (QED) is 0.335. The SMILES string of the molecule is Cc1cc(P(=O)(O)O)cc(C)c1Oc1ccc(-c2ccc([C@H]3CC[C@H](C4CC4)CC3)c(F)c2)c(F)c1. The van der Waals surface area contributed by atoms with Gasteiger partial charge in [0.05, 0.1) is 5.30 Å². The Labute approximate surface area is 210 Å². The van der Waals surface area contributed by atoms with Gasteiger partial charge in [-0.05, 0) is 123 Å². The highest BCUT2D eigenvalue weighted by Crippen LogP contribution is 2.47. The molecule has 4 nitrogen and oxygen atoms in total. The number of benzene rings is 3. The Balaban J connectivity index is 1.32. The first-order valence-corrected chi connectivity index (χ1v) is 14.2. The predicted molar refractivity (Wildman–Crippen MR) is 137 cm³/mol. The van der Waals surface area contributed by atoms with E-state index in [2.05, 4.69) is 0 Å². The highest BCUT2D eigenvalue weighted by molar-refractivity contribution is 7.60. The number of rotatable bonds is 6. The van der Waals surface area contributed by atoms with Crippen molar-refractivity contribution >= 4 is 12.9 Å². The molecule has 3 aromatic carbocycles. The Morgan fingerprint density at radius 2 is 1.42 bits per heavy atom. The second kappa shape index (κ2) is 9.74. The van der Waals surface area contributed by atoms with E-state index in [0.717, 1.165) is 30.2 Å². The van der Waals surface area contributed by atoms with Crippen LogP contribution in [0.3, 0.4) is 0 Å². The van der Waals surface area contributed by atoms with Crippen molar-refractivity contribution < 1.29 is 27.9 Å². The van der Waals surface area contributed by atoms with E-state index in [4.69, 9.17) is 4.74 Å². The van der Waals surface area contributed by atoms with E-state index in [-0.39, 0.29) is 28.4 Å². The van der Waals surface area contributed by atoms with Crippen molar-refractivity contribution in [3.63, 3.8) is 0 Å². The molecule has 0 saturated heterocycles. The van der Waals surface area contributed by atoms with Crippen molar-refractivity contribution in [1.29, 1.82) is 0 Å². The smallest absolute Gasteiger partial charge is 0.356 e. The van der Waals surface area contributed by atoms with Gasteiger partial charge >= 0.3 is 7.60 Å².